The molecule has 0 spiro atoms. The number of carbonyl (C=O) groups is 1. The predicted molar refractivity (Wildman–Crippen MR) is 88.5 cm³/mol. The van der Waals surface area contributed by atoms with Crippen LogP contribution in [-0.2, 0) is 0 Å². The quantitative estimate of drug-likeness (QED) is 0.794. The van der Waals surface area contributed by atoms with Gasteiger partial charge in [-0.2, -0.15) is 10.4 Å². The molecule has 1 heterocycles. The highest BCUT2D eigenvalue weighted by atomic mass is 16.3. The fraction of sp³-hybridized carbons (Fsp3) is 0.353. The van der Waals surface area contributed by atoms with Crippen LogP contribution in [0.25, 0.3) is 0 Å². The van der Waals surface area contributed by atoms with Crippen LogP contribution in [-0.4, -0.2) is 26.9 Å². The number of hydrogen-bond donors (Lipinski definition) is 3. The summed E-state index contributed by atoms with van der Waals surface area (Å²) in [6.07, 6.45) is 3.01. The Balaban J connectivity index is 1.94. The summed E-state index contributed by atoms with van der Waals surface area (Å²) >= 11 is 0. The van der Waals surface area contributed by atoms with Gasteiger partial charge in [0, 0.05) is 11.9 Å². The molecule has 124 valence electrons. The Labute approximate surface area is 139 Å². The topological polar surface area (TPSA) is 117 Å². The minimum atomic E-state index is -0.680. The van der Waals surface area contributed by atoms with Crippen molar-refractivity contribution in [2.75, 3.05) is 5.32 Å². The third-order valence-corrected chi connectivity index (χ3v) is 4.35. The van der Waals surface area contributed by atoms with E-state index < -0.39 is 17.9 Å². The van der Waals surface area contributed by atoms with Crippen LogP contribution in [0.15, 0.2) is 36.5 Å². The fourth-order valence-corrected chi connectivity index (χ4v) is 3.11. The third-order valence-electron chi connectivity index (χ3n) is 4.35. The van der Waals surface area contributed by atoms with E-state index in [-0.39, 0.29) is 11.6 Å². The van der Waals surface area contributed by atoms with Gasteiger partial charge in [0.25, 0.3) is 5.91 Å². The Hall–Kier alpha value is -2.85. The molecular weight excluding hydrogens is 306 g/mol. The SMILES string of the molecule is N#CC1C(n2cc(C(N)=O)c(Nc3ccccc3)n2)CCC[C@H]1O. The molecule has 24 heavy (non-hydrogen) atoms. The van der Waals surface area contributed by atoms with Crippen LogP contribution < -0.4 is 11.1 Å². The lowest BCUT2D eigenvalue weighted by Gasteiger charge is -2.31. The van der Waals surface area contributed by atoms with Gasteiger partial charge in [0.05, 0.1) is 24.1 Å². The molecule has 0 radical (unpaired) electrons. The molecule has 2 aromatic rings. The zero-order valence-electron chi connectivity index (χ0n) is 13.1. The van der Waals surface area contributed by atoms with Gasteiger partial charge in [0.15, 0.2) is 5.82 Å². The number of para-hydroxylation sites is 1. The Morgan fingerprint density at radius 2 is 2.12 bits per heavy atom. The number of carbonyl (C=O) groups excluding carboxylic acids is 1. The minimum Gasteiger partial charge on any atom is -0.392 e. The number of anilines is 2. The van der Waals surface area contributed by atoms with Crippen LogP contribution in [0.3, 0.4) is 0 Å². The molecule has 1 amide bonds. The van der Waals surface area contributed by atoms with Gasteiger partial charge < -0.3 is 16.2 Å². The van der Waals surface area contributed by atoms with Crippen molar-refractivity contribution in [3.63, 3.8) is 0 Å². The summed E-state index contributed by atoms with van der Waals surface area (Å²) in [6.45, 7) is 0. The molecule has 0 bridgehead atoms. The molecule has 1 aromatic carbocycles. The van der Waals surface area contributed by atoms with Crippen molar-refractivity contribution < 1.29 is 9.90 Å². The van der Waals surface area contributed by atoms with Crippen molar-refractivity contribution in [2.45, 2.75) is 31.4 Å². The summed E-state index contributed by atoms with van der Waals surface area (Å²) in [5.41, 5.74) is 6.50. The van der Waals surface area contributed by atoms with E-state index in [2.05, 4.69) is 16.5 Å². The summed E-state index contributed by atoms with van der Waals surface area (Å²) in [5, 5.41) is 26.9. The smallest absolute Gasteiger partial charge is 0.254 e. The van der Waals surface area contributed by atoms with Crippen molar-refractivity contribution in [2.24, 2.45) is 11.7 Å². The Kier molecular flexibility index (Phi) is 4.49. The molecular formula is C17H19N5O2. The van der Waals surface area contributed by atoms with E-state index >= 15 is 0 Å². The van der Waals surface area contributed by atoms with Gasteiger partial charge >= 0.3 is 0 Å². The Morgan fingerprint density at radius 3 is 2.79 bits per heavy atom. The van der Waals surface area contributed by atoms with E-state index in [9.17, 15) is 15.2 Å². The van der Waals surface area contributed by atoms with E-state index in [1.54, 1.807) is 10.9 Å². The number of nitriles is 1. The lowest BCUT2D eigenvalue weighted by atomic mass is 9.83. The summed E-state index contributed by atoms with van der Waals surface area (Å²) in [6, 6.07) is 11.2. The Morgan fingerprint density at radius 1 is 1.38 bits per heavy atom. The molecule has 0 aliphatic heterocycles. The maximum atomic E-state index is 11.7. The number of aromatic nitrogens is 2. The number of aliphatic hydroxyl groups is 1. The zero-order valence-corrected chi connectivity index (χ0v) is 13.1. The second kappa shape index (κ2) is 6.72. The van der Waals surface area contributed by atoms with E-state index in [1.165, 1.54) is 0 Å². The van der Waals surface area contributed by atoms with Crippen LogP contribution in [0.4, 0.5) is 11.5 Å². The van der Waals surface area contributed by atoms with E-state index in [0.717, 1.165) is 18.5 Å². The van der Waals surface area contributed by atoms with Crippen LogP contribution in [0.2, 0.25) is 0 Å². The number of rotatable bonds is 4. The largest absolute Gasteiger partial charge is 0.392 e. The van der Waals surface area contributed by atoms with E-state index in [1.807, 2.05) is 30.3 Å². The minimum absolute atomic E-state index is 0.260. The van der Waals surface area contributed by atoms with Crippen LogP contribution in [0.1, 0.15) is 35.7 Å². The maximum Gasteiger partial charge on any atom is 0.254 e. The lowest BCUT2D eigenvalue weighted by Crippen LogP contribution is -2.33. The number of aliphatic hydroxyl groups excluding tert-OH is 1. The van der Waals surface area contributed by atoms with Crippen molar-refractivity contribution >= 4 is 17.4 Å². The van der Waals surface area contributed by atoms with Crippen LogP contribution in [0.5, 0.6) is 0 Å². The van der Waals surface area contributed by atoms with E-state index in [4.69, 9.17) is 5.73 Å². The summed E-state index contributed by atoms with van der Waals surface area (Å²) in [4.78, 5) is 11.7. The lowest BCUT2D eigenvalue weighted by molar-refractivity contribution is 0.0613. The molecule has 1 aliphatic rings. The van der Waals surface area contributed by atoms with Crippen LogP contribution >= 0.6 is 0 Å². The molecule has 1 aliphatic carbocycles. The zero-order chi connectivity index (χ0) is 17.1. The molecule has 7 nitrogen and oxygen atoms in total. The van der Waals surface area contributed by atoms with Crippen LogP contribution in [0, 0.1) is 17.2 Å². The highest BCUT2D eigenvalue weighted by molar-refractivity contribution is 5.98. The van der Waals surface area contributed by atoms with Gasteiger partial charge in [-0.3, -0.25) is 9.48 Å². The van der Waals surface area contributed by atoms with Crippen molar-refractivity contribution in [1.29, 1.82) is 5.26 Å². The average Bonchev–Trinajstić information content (AvgIpc) is 2.99. The van der Waals surface area contributed by atoms with Crippen molar-refractivity contribution in [3.05, 3.63) is 42.1 Å². The van der Waals surface area contributed by atoms with Gasteiger partial charge in [-0.05, 0) is 31.4 Å². The first-order valence-corrected chi connectivity index (χ1v) is 7.89. The molecule has 3 atom stereocenters. The van der Waals surface area contributed by atoms with Crippen molar-refractivity contribution in [1.82, 2.24) is 9.78 Å². The number of primary amides is 1. The molecule has 4 N–H and O–H groups in total. The second-order valence-electron chi connectivity index (χ2n) is 5.95. The number of hydrogen-bond acceptors (Lipinski definition) is 5. The maximum absolute atomic E-state index is 11.7. The van der Waals surface area contributed by atoms with Gasteiger partial charge in [0.2, 0.25) is 0 Å². The number of benzene rings is 1. The van der Waals surface area contributed by atoms with E-state index in [0.29, 0.717) is 12.2 Å². The highest BCUT2D eigenvalue weighted by Crippen LogP contribution is 2.34. The van der Waals surface area contributed by atoms with Gasteiger partial charge in [-0.15, -0.1) is 0 Å². The molecule has 0 saturated heterocycles. The molecule has 7 heteroatoms. The average molecular weight is 325 g/mol. The summed E-state index contributed by atoms with van der Waals surface area (Å²) in [7, 11) is 0. The third kappa shape index (κ3) is 3.09. The second-order valence-corrected chi connectivity index (χ2v) is 5.95. The van der Waals surface area contributed by atoms with Gasteiger partial charge in [-0.25, -0.2) is 0 Å². The highest BCUT2D eigenvalue weighted by Gasteiger charge is 2.34. The predicted octanol–water partition coefficient (Wildman–Crippen LogP) is 1.95. The first-order valence-electron chi connectivity index (χ1n) is 7.89. The normalized spacial score (nSPS) is 23.4. The molecule has 2 unspecified atom stereocenters. The summed E-state index contributed by atoms with van der Waals surface area (Å²) < 4.78 is 1.58. The van der Waals surface area contributed by atoms with Crippen molar-refractivity contribution in [3.8, 4) is 6.07 Å². The Bertz CT molecular complexity index is 765. The molecule has 1 aromatic heterocycles. The molecule has 1 saturated carbocycles. The standard InChI is InChI=1S/C17H19N5O2/c18-9-12-14(7-4-8-15(12)23)22-10-13(16(19)24)17(21-22)20-11-5-2-1-3-6-11/h1-3,5-6,10,12,14-15,23H,4,7-8H2,(H2,19,24)(H,20,21)/t12?,14?,15-/m1/s1. The summed E-state index contributed by atoms with van der Waals surface area (Å²) in [5.74, 6) is -0.793. The first-order chi connectivity index (χ1) is 11.6. The number of nitrogens with one attached hydrogen (secondary N) is 1. The number of nitrogens with zero attached hydrogens (tertiary/aromatic N) is 3. The monoisotopic (exact) mass is 325 g/mol. The number of nitrogens with two attached hydrogens (primary N) is 1. The fourth-order valence-electron chi connectivity index (χ4n) is 3.11. The molecule has 1 fully saturated rings. The molecule has 3 rings (SSSR count). The number of amides is 1. The van der Waals surface area contributed by atoms with Gasteiger partial charge in [-0.1, -0.05) is 18.2 Å². The first kappa shape index (κ1) is 16.0. The van der Waals surface area contributed by atoms with Gasteiger partial charge in [0.1, 0.15) is 5.56 Å².